The van der Waals surface area contributed by atoms with Crippen LogP contribution < -0.4 is 5.32 Å². The molecule has 3 unspecified atom stereocenters. The first-order chi connectivity index (χ1) is 6.97. The topological polar surface area (TPSA) is 55.4 Å². The van der Waals surface area contributed by atoms with Gasteiger partial charge in [-0.15, -0.1) is 0 Å². The smallest absolute Gasteiger partial charge is 0.308 e. The van der Waals surface area contributed by atoms with E-state index in [1.807, 2.05) is 13.8 Å². The summed E-state index contributed by atoms with van der Waals surface area (Å²) in [5, 5.41) is 3.22. The molecule has 1 N–H and O–H groups in total. The quantitative estimate of drug-likeness (QED) is 0.654. The number of ether oxygens (including phenoxy) is 1. The van der Waals surface area contributed by atoms with Crippen molar-refractivity contribution in [1.29, 1.82) is 0 Å². The van der Waals surface area contributed by atoms with Crippen LogP contribution in [0.15, 0.2) is 0 Å². The monoisotopic (exact) mass is 235 g/mol. The summed E-state index contributed by atoms with van der Waals surface area (Å²) in [7, 11) is 0.641. The highest BCUT2D eigenvalue weighted by Crippen LogP contribution is 2.07. The number of hydrogen-bond donors (Lipinski definition) is 1. The molecule has 5 heteroatoms. The van der Waals surface area contributed by atoms with Gasteiger partial charge in [-0.2, -0.15) is 0 Å². The van der Waals surface area contributed by atoms with Crippen LogP contribution in [0.4, 0.5) is 0 Å². The first-order valence-corrected chi connectivity index (χ1v) is 6.81. The van der Waals surface area contributed by atoms with Crippen LogP contribution in [0.3, 0.4) is 0 Å². The van der Waals surface area contributed by atoms with Crippen LogP contribution in [0, 0.1) is 5.92 Å². The average Bonchev–Trinajstić information content (AvgIpc) is 2.15. The van der Waals surface area contributed by atoms with E-state index in [0.717, 1.165) is 13.0 Å². The Bertz CT molecular complexity index is 221. The van der Waals surface area contributed by atoms with Crippen molar-refractivity contribution < 1.29 is 13.7 Å². The number of rotatable bonds is 7. The Morgan fingerprint density at radius 2 is 2.07 bits per heavy atom. The van der Waals surface area contributed by atoms with E-state index < -0.39 is 10.8 Å². The molecule has 0 spiro atoms. The minimum absolute atomic E-state index is 0.0929. The number of methoxy groups -OCH3 is 1. The van der Waals surface area contributed by atoms with Gasteiger partial charge < -0.3 is 10.1 Å². The van der Waals surface area contributed by atoms with E-state index in [2.05, 4.69) is 10.1 Å². The Labute approximate surface area is 94.2 Å². The SMILES string of the molecule is COC(=O)C(C)CC(C)NCCS(C)=O. The Balaban J connectivity index is 3.68. The predicted octanol–water partition coefficient (Wildman–Crippen LogP) is 0.542. The van der Waals surface area contributed by atoms with Crippen molar-refractivity contribution in [2.45, 2.75) is 26.3 Å². The van der Waals surface area contributed by atoms with Crippen molar-refractivity contribution >= 4 is 16.8 Å². The molecule has 0 bridgehead atoms. The molecule has 0 aromatic heterocycles. The summed E-state index contributed by atoms with van der Waals surface area (Å²) in [5.74, 6) is 0.379. The van der Waals surface area contributed by atoms with Crippen molar-refractivity contribution in [3.05, 3.63) is 0 Å². The molecule has 4 nitrogen and oxygen atoms in total. The van der Waals surface area contributed by atoms with Gasteiger partial charge in [-0.1, -0.05) is 6.92 Å². The molecule has 0 aromatic carbocycles. The fraction of sp³-hybridized carbons (Fsp3) is 0.900. The standard InChI is InChI=1S/C10H21NO3S/c1-8(10(12)14-3)7-9(2)11-5-6-15(4)13/h8-9,11H,5-7H2,1-4H3. The van der Waals surface area contributed by atoms with Gasteiger partial charge in [0.2, 0.25) is 0 Å². The molecule has 3 atom stereocenters. The van der Waals surface area contributed by atoms with Gasteiger partial charge in [0.05, 0.1) is 13.0 Å². The molecule has 0 heterocycles. The normalized spacial score (nSPS) is 16.8. The Morgan fingerprint density at radius 3 is 2.53 bits per heavy atom. The lowest BCUT2D eigenvalue weighted by molar-refractivity contribution is -0.145. The lowest BCUT2D eigenvalue weighted by atomic mass is 10.0. The van der Waals surface area contributed by atoms with E-state index in [4.69, 9.17) is 0 Å². The van der Waals surface area contributed by atoms with Crippen LogP contribution in [-0.2, 0) is 20.3 Å². The van der Waals surface area contributed by atoms with Crippen LogP contribution in [0.1, 0.15) is 20.3 Å². The molecular formula is C10H21NO3S. The van der Waals surface area contributed by atoms with Crippen LogP contribution in [0.25, 0.3) is 0 Å². The highest BCUT2D eigenvalue weighted by Gasteiger charge is 2.16. The zero-order valence-electron chi connectivity index (χ0n) is 9.91. The predicted molar refractivity (Wildman–Crippen MR) is 62.2 cm³/mol. The van der Waals surface area contributed by atoms with Crippen molar-refractivity contribution in [2.75, 3.05) is 25.7 Å². The van der Waals surface area contributed by atoms with Crippen LogP contribution in [0.5, 0.6) is 0 Å². The highest BCUT2D eigenvalue weighted by molar-refractivity contribution is 7.84. The summed E-state index contributed by atoms with van der Waals surface area (Å²) in [6.07, 6.45) is 2.42. The summed E-state index contributed by atoms with van der Waals surface area (Å²) in [6, 6.07) is 0.239. The van der Waals surface area contributed by atoms with E-state index >= 15 is 0 Å². The van der Waals surface area contributed by atoms with Gasteiger partial charge in [-0.05, 0) is 13.3 Å². The summed E-state index contributed by atoms with van der Waals surface area (Å²) >= 11 is 0. The van der Waals surface area contributed by atoms with Gasteiger partial charge in [0.25, 0.3) is 0 Å². The zero-order valence-corrected chi connectivity index (χ0v) is 10.7. The molecule has 0 radical (unpaired) electrons. The van der Waals surface area contributed by atoms with Gasteiger partial charge in [0.15, 0.2) is 0 Å². The molecule has 90 valence electrons. The highest BCUT2D eigenvalue weighted by atomic mass is 32.2. The van der Waals surface area contributed by atoms with Crippen molar-refractivity contribution in [2.24, 2.45) is 5.92 Å². The molecule has 0 saturated carbocycles. The maximum absolute atomic E-state index is 11.1. The van der Waals surface area contributed by atoms with Crippen molar-refractivity contribution in [3.63, 3.8) is 0 Å². The van der Waals surface area contributed by atoms with E-state index in [1.165, 1.54) is 7.11 Å². The molecule has 0 aliphatic carbocycles. The number of nitrogens with one attached hydrogen (secondary N) is 1. The third-order valence-electron chi connectivity index (χ3n) is 2.19. The third-order valence-corrected chi connectivity index (χ3v) is 2.97. The third kappa shape index (κ3) is 7.50. The van der Waals surface area contributed by atoms with Crippen molar-refractivity contribution in [3.8, 4) is 0 Å². The maximum atomic E-state index is 11.1. The number of esters is 1. The molecule has 0 aliphatic heterocycles. The van der Waals surface area contributed by atoms with Gasteiger partial charge in [-0.3, -0.25) is 9.00 Å². The summed E-state index contributed by atoms with van der Waals surface area (Å²) < 4.78 is 15.4. The summed E-state index contributed by atoms with van der Waals surface area (Å²) in [4.78, 5) is 11.1. The lowest BCUT2D eigenvalue weighted by Gasteiger charge is -2.16. The molecule has 0 fully saturated rings. The average molecular weight is 235 g/mol. The van der Waals surface area contributed by atoms with Crippen molar-refractivity contribution in [1.82, 2.24) is 5.32 Å². The lowest BCUT2D eigenvalue weighted by Crippen LogP contribution is -2.32. The van der Waals surface area contributed by atoms with E-state index in [1.54, 1.807) is 6.26 Å². The maximum Gasteiger partial charge on any atom is 0.308 e. The van der Waals surface area contributed by atoms with E-state index in [-0.39, 0.29) is 17.9 Å². The molecular weight excluding hydrogens is 214 g/mol. The Morgan fingerprint density at radius 1 is 1.47 bits per heavy atom. The summed E-state index contributed by atoms with van der Waals surface area (Å²) in [5.41, 5.74) is 0. The Kier molecular flexibility index (Phi) is 7.60. The minimum Gasteiger partial charge on any atom is -0.469 e. The second kappa shape index (κ2) is 7.82. The summed E-state index contributed by atoms with van der Waals surface area (Å²) in [6.45, 7) is 4.58. The van der Waals surface area contributed by atoms with Gasteiger partial charge >= 0.3 is 5.97 Å². The number of carbonyl (C=O) groups excluding carboxylic acids is 1. The fourth-order valence-electron chi connectivity index (χ4n) is 1.36. The number of carbonyl (C=O) groups is 1. The Hall–Kier alpha value is -0.420. The van der Waals surface area contributed by atoms with Gasteiger partial charge in [0.1, 0.15) is 0 Å². The molecule has 0 amide bonds. The first kappa shape index (κ1) is 14.6. The second-order valence-electron chi connectivity index (χ2n) is 3.79. The van der Waals surface area contributed by atoms with Crippen LogP contribution in [-0.4, -0.2) is 41.9 Å². The van der Waals surface area contributed by atoms with Gasteiger partial charge in [-0.25, -0.2) is 0 Å². The molecule has 0 saturated heterocycles. The second-order valence-corrected chi connectivity index (χ2v) is 5.35. The van der Waals surface area contributed by atoms with E-state index in [0.29, 0.717) is 5.75 Å². The first-order valence-electron chi connectivity index (χ1n) is 5.08. The van der Waals surface area contributed by atoms with Crippen LogP contribution in [0.2, 0.25) is 0 Å². The number of hydrogen-bond acceptors (Lipinski definition) is 4. The molecule has 0 aliphatic rings. The zero-order chi connectivity index (χ0) is 11.8. The molecule has 15 heavy (non-hydrogen) atoms. The van der Waals surface area contributed by atoms with Gasteiger partial charge in [0, 0.05) is 35.4 Å². The largest absolute Gasteiger partial charge is 0.469 e. The fourth-order valence-corrected chi connectivity index (χ4v) is 1.77. The van der Waals surface area contributed by atoms with E-state index in [9.17, 15) is 9.00 Å². The molecule has 0 rings (SSSR count). The van der Waals surface area contributed by atoms with Crippen LogP contribution >= 0.6 is 0 Å². The minimum atomic E-state index is -0.759. The molecule has 0 aromatic rings.